The summed E-state index contributed by atoms with van der Waals surface area (Å²) in [5, 5.41) is 0. The van der Waals surface area contributed by atoms with E-state index in [4.69, 9.17) is 10.5 Å². The number of nitrogens with one attached hydrogen (secondary N) is 1. The first-order valence-corrected chi connectivity index (χ1v) is 10.3. The largest absolute Gasteiger partial charge is 0.435 e. The Hall–Kier alpha value is -3.66. The average molecular weight is 460 g/mol. The molecule has 3 N–H and O–H groups in total. The van der Waals surface area contributed by atoms with Crippen LogP contribution < -0.4 is 26.6 Å². The highest BCUT2D eigenvalue weighted by Gasteiger charge is 2.19. The second kappa shape index (κ2) is 11.3. The van der Waals surface area contributed by atoms with Gasteiger partial charge in [0.25, 0.3) is 5.56 Å². The third-order valence-corrected chi connectivity index (χ3v) is 5.01. The van der Waals surface area contributed by atoms with Crippen LogP contribution in [0.5, 0.6) is 5.75 Å². The Morgan fingerprint density at radius 3 is 2.39 bits per heavy atom. The van der Waals surface area contributed by atoms with Crippen LogP contribution >= 0.6 is 0 Å². The van der Waals surface area contributed by atoms with Gasteiger partial charge in [-0.25, -0.2) is 4.79 Å². The number of nitrogen functional groups attached to an aromatic ring is 1. The Morgan fingerprint density at radius 2 is 1.76 bits per heavy atom. The van der Waals surface area contributed by atoms with Crippen LogP contribution in [0.4, 0.5) is 20.3 Å². The lowest BCUT2D eigenvalue weighted by Gasteiger charge is -2.26. The number of H-pyrrole nitrogens is 1. The molecule has 3 rings (SSSR count). The smallest absolute Gasteiger partial charge is 0.387 e. The minimum Gasteiger partial charge on any atom is -0.435 e. The average Bonchev–Trinajstić information content (AvgIpc) is 2.78. The van der Waals surface area contributed by atoms with Gasteiger partial charge < -0.3 is 20.1 Å². The number of benzene rings is 2. The molecule has 33 heavy (non-hydrogen) atoms. The lowest BCUT2D eigenvalue weighted by atomic mass is 10.2. The summed E-state index contributed by atoms with van der Waals surface area (Å²) in [6.07, 6.45) is 0.597. The number of rotatable bonds is 11. The van der Waals surface area contributed by atoms with E-state index in [0.29, 0.717) is 19.6 Å². The van der Waals surface area contributed by atoms with Crippen molar-refractivity contribution in [1.82, 2.24) is 9.55 Å². The Kier molecular flexibility index (Phi) is 8.20. The zero-order valence-corrected chi connectivity index (χ0v) is 18.2. The molecule has 0 radical (unpaired) electrons. The van der Waals surface area contributed by atoms with Crippen molar-refractivity contribution in [2.45, 2.75) is 26.1 Å². The van der Waals surface area contributed by atoms with Crippen LogP contribution in [0.3, 0.4) is 0 Å². The second-order valence-corrected chi connectivity index (χ2v) is 7.36. The third-order valence-electron chi connectivity index (χ3n) is 5.01. The fourth-order valence-corrected chi connectivity index (χ4v) is 3.47. The fourth-order valence-electron chi connectivity index (χ4n) is 3.47. The van der Waals surface area contributed by atoms with Gasteiger partial charge in [-0.15, -0.1) is 0 Å². The van der Waals surface area contributed by atoms with E-state index in [1.54, 1.807) is 24.1 Å². The molecule has 0 aliphatic rings. The summed E-state index contributed by atoms with van der Waals surface area (Å²) in [7, 11) is 1.58. The molecule has 176 valence electrons. The van der Waals surface area contributed by atoms with E-state index in [1.165, 1.54) is 16.7 Å². The zero-order chi connectivity index (χ0) is 23.8. The van der Waals surface area contributed by atoms with Crippen molar-refractivity contribution in [3.63, 3.8) is 0 Å². The van der Waals surface area contributed by atoms with Gasteiger partial charge in [0.05, 0.1) is 6.54 Å². The van der Waals surface area contributed by atoms with Crippen molar-refractivity contribution in [2.75, 3.05) is 30.9 Å². The van der Waals surface area contributed by atoms with Crippen molar-refractivity contribution < 1.29 is 18.3 Å². The number of alkyl halides is 2. The molecular weight excluding hydrogens is 434 g/mol. The molecule has 8 nitrogen and oxygen atoms in total. The Labute approximate surface area is 189 Å². The van der Waals surface area contributed by atoms with Crippen LogP contribution in [-0.2, 0) is 17.8 Å². The van der Waals surface area contributed by atoms with Gasteiger partial charge in [-0.05, 0) is 29.7 Å². The molecule has 1 heterocycles. The lowest BCUT2D eigenvalue weighted by molar-refractivity contribution is -0.0498. The van der Waals surface area contributed by atoms with Crippen molar-refractivity contribution in [2.24, 2.45) is 0 Å². The molecule has 0 saturated carbocycles. The van der Waals surface area contributed by atoms with Gasteiger partial charge in [0, 0.05) is 26.8 Å². The van der Waals surface area contributed by atoms with E-state index in [1.807, 2.05) is 30.3 Å². The number of nitrogens with zero attached hydrogens (tertiary/aromatic N) is 2. The summed E-state index contributed by atoms with van der Waals surface area (Å²) in [5.41, 5.74) is 6.89. The molecule has 0 atom stereocenters. The number of hydrogen-bond donors (Lipinski definition) is 2. The standard InChI is InChI=1S/C23H26F2N4O4/c1-32-13-5-12-28(14-17-8-10-18(11-9-17)33-22(24)25)19-20(26)29(23(31)27-21(19)30)15-16-6-3-2-4-7-16/h2-4,6-11,22H,5,12-15,26H2,1H3,(H,27,30,31). The van der Waals surface area contributed by atoms with Crippen molar-refractivity contribution >= 4 is 11.5 Å². The molecule has 1 aromatic heterocycles. The molecule has 2 aromatic carbocycles. The van der Waals surface area contributed by atoms with Gasteiger partial charge in [0.2, 0.25) is 0 Å². The number of aromatic amines is 1. The number of aromatic nitrogens is 2. The highest BCUT2D eigenvalue weighted by atomic mass is 19.3. The predicted molar refractivity (Wildman–Crippen MR) is 122 cm³/mol. The first-order chi connectivity index (χ1) is 15.9. The highest BCUT2D eigenvalue weighted by molar-refractivity contribution is 5.62. The number of halogens is 2. The zero-order valence-electron chi connectivity index (χ0n) is 18.2. The van der Waals surface area contributed by atoms with Crippen LogP contribution in [0.2, 0.25) is 0 Å². The molecule has 0 aliphatic heterocycles. The van der Waals surface area contributed by atoms with E-state index < -0.39 is 17.9 Å². The predicted octanol–water partition coefficient (Wildman–Crippen LogP) is 2.81. The number of hydrogen-bond acceptors (Lipinski definition) is 6. The summed E-state index contributed by atoms with van der Waals surface area (Å²) in [5.74, 6) is 0.0797. The number of nitrogens with two attached hydrogens (primary N) is 1. The minimum atomic E-state index is -2.91. The summed E-state index contributed by atoms with van der Waals surface area (Å²) in [6.45, 7) is -1.58. The molecule has 0 unspecified atom stereocenters. The van der Waals surface area contributed by atoms with E-state index in [9.17, 15) is 18.4 Å². The SMILES string of the molecule is COCCCN(Cc1ccc(OC(F)F)cc1)c1c(N)n(Cc2ccccc2)c(=O)[nH]c1=O. The summed E-state index contributed by atoms with van der Waals surface area (Å²) >= 11 is 0. The summed E-state index contributed by atoms with van der Waals surface area (Å²) in [4.78, 5) is 29.4. The maximum atomic E-state index is 12.8. The fraction of sp³-hybridized carbons (Fsp3) is 0.304. The van der Waals surface area contributed by atoms with Crippen LogP contribution in [0.15, 0.2) is 64.2 Å². The van der Waals surface area contributed by atoms with Crippen LogP contribution in [0.25, 0.3) is 0 Å². The summed E-state index contributed by atoms with van der Waals surface area (Å²) in [6, 6.07) is 15.4. The molecule has 0 spiro atoms. The molecule has 10 heteroatoms. The van der Waals surface area contributed by atoms with Gasteiger partial charge in [0.1, 0.15) is 17.3 Å². The molecule has 0 aliphatic carbocycles. The number of methoxy groups -OCH3 is 1. The van der Waals surface area contributed by atoms with E-state index >= 15 is 0 Å². The Balaban J connectivity index is 1.95. The summed E-state index contributed by atoms with van der Waals surface area (Å²) < 4.78 is 35.7. The van der Waals surface area contributed by atoms with Crippen molar-refractivity contribution in [3.05, 3.63) is 86.6 Å². The second-order valence-electron chi connectivity index (χ2n) is 7.36. The number of anilines is 2. The molecule has 0 amide bonds. The van der Waals surface area contributed by atoms with E-state index in [2.05, 4.69) is 9.72 Å². The molecule has 0 saturated heterocycles. The molecule has 3 aromatic rings. The maximum absolute atomic E-state index is 12.8. The number of ether oxygens (including phenoxy) is 2. The molecule has 0 bridgehead atoms. The van der Waals surface area contributed by atoms with Crippen LogP contribution in [0.1, 0.15) is 17.5 Å². The van der Waals surface area contributed by atoms with Gasteiger partial charge >= 0.3 is 12.3 Å². The molecular formula is C23H26F2N4O4. The maximum Gasteiger partial charge on any atom is 0.387 e. The third kappa shape index (κ3) is 6.42. The minimum absolute atomic E-state index is 0.0356. The Bertz CT molecular complexity index is 1150. The van der Waals surface area contributed by atoms with Gasteiger partial charge in [0.15, 0.2) is 0 Å². The van der Waals surface area contributed by atoms with Gasteiger partial charge in [-0.3, -0.25) is 14.3 Å². The Morgan fingerprint density at radius 1 is 1.06 bits per heavy atom. The monoisotopic (exact) mass is 460 g/mol. The molecule has 0 fully saturated rings. The van der Waals surface area contributed by atoms with Gasteiger partial charge in [-0.2, -0.15) is 8.78 Å². The topological polar surface area (TPSA) is 103 Å². The van der Waals surface area contributed by atoms with E-state index in [0.717, 1.165) is 11.1 Å². The highest BCUT2D eigenvalue weighted by Crippen LogP contribution is 2.22. The van der Waals surface area contributed by atoms with E-state index in [-0.39, 0.29) is 30.3 Å². The van der Waals surface area contributed by atoms with Gasteiger partial charge in [-0.1, -0.05) is 42.5 Å². The van der Waals surface area contributed by atoms with Crippen molar-refractivity contribution in [1.29, 1.82) is 0 Å². The first kappa shape index (κ1) is 24.0. The van der Waals surface area contributed by atoms with Crippen LogP contribution in [0, 0.1) is 0 Å². The quantitative estimate of drug-likeness (QED) is 0.427. The van der Waals surface area contributed by atoms with Crippen LogP contribution in [-0.4, -0.2) is 36.4 Å². The first-order valence-electron chi connectivity index (χ1n) is 10.3. The normalized spacial score (nSPS) is 11.0. The van der Waals surface area contributed by atoms with Crippen molar-refractivity contribution in [3.8, 4) is 5.75 Å². The lowest BCUT2D eigenvalue weighted by Crippen LogP contribution is -2.39.